The van der Waals surface area contributed by atoms with Crippen LogP contribution in [0.15, 0.2) is 24.3 Å². The van der Waals surface area contributed by atoms with Crippen LogP contribution in [0.4, 0.5) is 0 Å². The molecule has 0 aliphatic rings. The topological polar surface area (TPSA) is 58.6 Å². The Hall–Kier alpha value is -1.55. The number of aliphatic hydroxyl groups is 1. The molecule has 1 aromatic carbocycles. The number of ether oxygens (including phenoxy) is 1. The van der Waals surface area contributed by atoms with E-state index in [9.17, 15) is 4.79 Å². The Kier molecular flexibility index (Phi) is 5.16. The minimum absolute atomic E-state index is 0.0540. The molecule has 0 saturated heterocycles. The lowest BCUT2D eigenvalue weighted by atomic mass is 10.0. The number of amides is 1. The van der Waals surface area contributed by atoms with Crippen LogP contribution in [-0.4, -0.2) is 30.3 Å². The van der Waals surface area contributed by atoms with Crippen LogP contribution in [0.25, 0.3) is 0 Å². The Balaban J connectivity index is 2.59. The van der Waals surface area contributed by atoms with Gasteiger partial charge >= 0.3 is 0 Å². The van der Waals surface area contributed by atoms with Crippen molar-refractivity contribution in [1.29, 1.82) is 0 Å². The highest BCUT2D eigenvalue weighted by atomic mass is 16.5. The molecule has 18 heavy (non-hydrogen) atoms. The first kappa shape index (κ1) is 14.5. The van der Waals surface area contributed by atoms with E-state index in [4.69, 9.17) is 9.84 Å². The van der Waals surface area contributed by atoms with Gasteiger partial charge in [-0.15, -0.1) is 0 Å². The van der Waals surface area contributed by atoms with Gasteiger partial charge in [0.2, 0.25) is 5.91 Å². The third-order valence-electron chi connectivity index (χ3n) is 2.71. The van der Waals surface area contributed by atoms with Gasteiger partial charge in [-0.1, -0.05) is 12.1 Å². The second-order valence-electron chi connectivity index (χ2n) is 4.93. The lowest BCUT2D eigenvalue weighted by molar-refractivity contribution is -0.122. The lowest BCUT2D eigenvalue weighted by Crippen LogP contribution is -2.44. The number of aliphatic hydroxyl groups excluding tert-OH is 1. The van der Waals surface area contributed by atoms with Crippen molar-refractivity contribution in [2.24, 2.45) is 0 Å². The van der Waals surface area contributed by atoms with Gasteiger partial charge in [-0.25, -0.2) is 0 Å². The van der Waals surface area contributed by atoms with Crippen molar-refractivity contribution >= 4 is 5.91 Å². The highest BCUT2D eigenvalue weighted by Gasteiger charge is 2.19. The van der Waals surface area contributed by atoms with E-state index in [2.05, 4.69) is 5.32 Å². The van der Waals surface area contributed by atoms with Crippen LogP contribution in [0, 0.1) is 0 Å². The highest BCUT2D eigenvalue weighted by Crippen LogP contribution is 2.14. The Bertz CT molecular complexity index is 402. The first-order valence-corrected chi connectivity index (χ1v) is 6.01. The van der Waals surface area contributed by atoms with Crippen LogP contribution in [0.2, 0.25) is 0 Å². The van der Waals surface area contributed by atoms with Gasteiger partial charge in [0.25, 0.3) is 0 Å². The van der Waals surface area contributed by atoms with E-state index in [1.807, 2.05) is 38.1 Å². The Morgan fingerprint density at radius 2 is 2.17 bits per heavy atom. The van der Waals surface area contributed by atoms with E-state index < -0.39 is 0 Å². The van der Waals surface area contributed by atoms with Crippen LogP contribution in [0.3, 0.4) is 0 Å². The fourth-order valence-electron chi connectivity index (χ4n) is 1.73. The molecule has 0 radical (unpaired) electrons. The van der Waals surface area contributed by atoms with Gasteiger partial charge < -0.3 is 15.2 Å². The van der Waals surface area contributed by atoms with Gasteiger partial charge in [-0.05, 0) is 38.0 Å². The summed E-state index contributed by atoms with van der Waals surface area (Å²) in [7, 11) is 1.60. The normalized spacial score (nSPS) is 11.1. The quantitative estimate of drug-likeness (QED) is 0.806. The predicted octanol–water partition coefficient (Wildman–Crippen LogP) is 1.51. The molecule has 0 bridgehead atoms. The molecule has 1 aromatic rings. The smallest absolute Gasteiger partial charge is 0.224 e. The van der Waals surface area contributed by atoms with Crippen LogP contribution < -0.4 is 10.1 Å². The Morgan fingerprint density at radius 3 is 2.78 bits per heavy atom. The largest absolute Gasteiger partial charge is 0.497 e. The van der Waals surface area contributed by atoms with Crippen LogP contribution in [0.1, 0.15) is 25.8 Å². The summed E-state index contributed by atoms with van der Waals surface area (Å²) in [5, 5.41) is 11.8. The summed E-state index contributed by atoms with van der Waals surface area (Å²) < 4.78 is 5.11. The number of carbonyl (C=O) groups excluding carboxylic acids is 1. The summed E-state index contributed by atoms with van der Waals surface area (Å²) >= 11 is 0. The van der Waals surface area contributed by atoms with Crippen molar-refractivity contribution < 1.29 is 14.6 Å². The maximum absolute atomic E-state index is 11.9. The summed E-state index contributed by atoms with van der Waals surface area (Å²) in [5.41, 5.74) is 0.525. The van der Waals surface area contributed by atoms with Crippen molar-refractivity contribution in [2.45, 2.75) is 32.2 Å². The van der Waals surface area contributed by atoms with Crippen LogP contribution in [-0.2, 0) is 11.2 Å². The number of carbonyl (C=O) groups is 1. The SMILES string of the molecule is COc1cccc(CC(=O)NC(C)(C)CCO)c1. The molecule has 100 valence electrons. The summed E-state index contributed by atoms with van der Waals surface area (Å²) in [6.45, 7) is 3.85. The number of hydrogen-bond acceptors (Lipinski definition) is 3. The van der Waals surface area contributed by atoms with Crippen molar-refractivity contribution in [2.75, 3.05) is 13.7 Å². The molecule has 4 nitrogen and oxygen atoms in total. The maximum atomic E-state index is 11.9. The van der Waals surface area contributed by atoms with E-state index in [1.54, 1.807) is 7.11 Å². The van der Waals surface area contributed by atoms with E-state index in [1.165, 1.54) is 0 Å². The fourth-order valence-corrected chi connectivity index (χ4v) is 1.73. The van der Waals surface area contributed by atoms with Crippen molar-refractivity contribution in [1.82, 2.24) is 5.32 Å². The molecule has 1 rings (SSSR count). The molecule has 1 amide bonds. The average molecular weight is 251 g/mol. The second kappa shape index (κ2) is 6.40. The van der Waals surface area contributed by atoms with Gasteiger partial charge in [0.1, 0.15) is 5.75 Å². The van der Waals surface area contributed by atoms with E-state index in [0.717, 1.165) is 11.3 Å². The summed E-state index contributed by atoms with van der Waals surface area (Å²) in [6.07, 6.45) is 0.850. The molecule has 2 N–H and O–H groups in total. The van der Waals surface area contributed by atoms with Gasteiger partial charge in [-0.3, -0.25) is 4.79 Å². The van der Waals surface area contributed by atoms with Crippen molar-refractivity contribution in [3.8, 4) is 5.75 Å². The van der Waals surface area contributed by atoms with Crippen molar-refractivity contribution in [3.63, 3.8) is 0 Å². The van der Waals surface area contributed by atoms with E-state index in [-0.39, 0.29) is 18.1 Å². The summed E-state index contributed by atoms with van der Waals surface area (Å²) in [4.78, 5) is 11.9. The summed E-state index contributed by atoms with van der Waals surface area (Å²) in [6, 6.07) is 7.44. The predicted molar refractivity (Wildman–Crippen MR) is 70.6 cm³/mol. The number of nitrogens with one attached hydrogen (secondary N) is 1. The zero-order valence-corrected chi connectivity index (χ0v) is 11.2. The fraction of sp³-hybridized carbons (Fsp3) is 0.500. The van der Waals surface area contributed by atoms with E-state index in [0.29, 0.717) is 12.8 Å². The summed E-state index contributed by atoms with van der Waals surface area (Å²) in [5.74, 6) is 0.691. The lowest BCUT2D eigenvalue weighted by Gasteiger charge is -2.25. The minimum Gasteiger partial charge on any atom is -0.497 e. The molecule has 0 atom stereocenters. The Morgan fingerprint density at radius 1 is 1.44 bits per heavy atom. The number of rotatable bonds is 6. The molecular weight excluding hydrogens is 230 g/mol. The molecule has 0 spiro atoms. The molecule has 4 heteroatoms. The molecule has 0 unspecified atom stereocenters. The van der Waals surface area contributed by atoms with Crippen LogP contribution in [0.5, 0.6) is 5.75 Å². The highest BCUT2D eigenvalue weighted by molar-refractivity contribution is 5.79. The van der Waals surface area contributed by atoms with Crippen molar-refractivity contribution in [3.05, 3.63) is 29.8 Å². The minimum atomic E-state index is -0.384. The van der Waals surface area contributed by atoms with Gasteiger partial charge in [0, 0.05) is 12.1 Å². The molecule has 0 heterocycles. The standard InChI is InChI=1S/C14H21NO3/c1-14(2,7-8-16)15-13(17)10-11-5-4-6-12(9-11)18-3/h4-6,9,16H,7-8,10H2,1-3H3,(H,15,17). The molecule has 0 saturated carbocycles. The zero-order chi connectivity index (χ0) is 13.6. The maximum Gasteiger partial charge on any atom is 0.224 e. The van der Waals surface area contributed by atoms with Gasteiger partial charge in [0.15, 0.2) is 0 Å². The Labute approximate surface area is 108 Å². The third-order valence-corrected chi connectivity index (χ3v) is 2.71. The number of methoxy groups -OCH3 is 1. The number of benzene rings is 1. The van der Waals surface area contributed by atoms with Gasteiger partial charge in [0.05, 0.1) is 13.5 Å². The average Bonchev–Trinajstić information content (AvgIpc) is 2.28. The zero-order valence-electron chi connectivity index (χ0n) is 11.2. The van der Waals surface area contributed by atoms with E-state index >= 15 is 0 Å². The number of hydrogen-bond donors (Lipinski definition) is 2. The second-order valence-corrected chi connectivity index (χ2v) is 4.93. The molecule has 0 fully saturated rings. The third kappa shape index (κ3) is 4.75. The molecule has 0 aliphatic carbocycles. The molecule has 0 aromatic heterocycles. The molecule has 0 aliphatic heterocycles. The van der Waals surface area contributed by atoms with Crippen LogP contribution >= 0.6 is 0 Å². The monoisotopic (exact) mass is 251 g/mol. The van der Waals surface area contributed by atoms with Gasteiger partial charge in [-0.2, -0.15) is 0 Å². The first-order valence-electron chi connectivity index (χ1n) is 6.01. The molecular formula is C14H21NO3. The first-order chi connectivity index (χ1) is 8.46.